The number of carbonyl (C=O) groups excluding carboxylic acids is 1. The lowest BCUT2D eigenvalue weighted by Crippen LogP contribution is -2.11. The highest BCUT2D eigenvalue weighted by Crippen LogP contribution is 2.18. The first kappa shape index (κ1) is 11.1. The van der Waals surface area contributed by atoms with Crippen LogP contribution in [0.25, 0.3) is 0 Å². The van der Waals surface area contributed by atoms with Crippen molar-refractivity contribution in [1.82, 2.24) is 10.3 Å². The Labute approximate surface area is 95.3 Å². The third-order valence-corrected chi connectivity index (χ3v) is 3.08. The number of nitrogens with one attached hydrogen (secondary N) is 1. The van der Waals surface area contributed by atoms with Crippen LogP contribution in [-0.4, -0.2) is 23.9 Å². The molecule has 1 fully saturated rings. The van der Waals surface area contributed by atoms with Crippen molar-refractivity contribution in [2.24, 2.45) is 5.92 Å². The van der Waals surface area contributed by atoms with E-state index in [0.29, 0.717) is 23.7 Å². The molecule has 1 aliphatic rings. The maximum Gasteiger partial charge on any atom is 0.166 e. The Kier molecular flexibility index (Phi) is 3.51. The van der Waals surface area contributed by atoms with Crippen molar-refractivity contribution in [3.8, 4) is 0 Å². The summed E-state index contributed by atoms with van der Waals surface area (Å²) in [6.45, 7) is 2.11. The van der Waals surface area contributed by atoms with E-state index >= 15 is 0 Å². The third kappa shape index (κ3) is 2.58. The Morgan fingerprint density at radius 2 is 2.50 bits per heavy atom. The number of nitrogen functional groups attached to an aromatic ring is 1. The van der Waals surface area contributed by atoms with Crippen LogP contribution in [0.1, 0.15) is 29.6 Å². The van der Waals surface area contributed by atoms with Gasteiger partial charge in [-0.1, -0.05) is 0 Å². The normalized spacial score (nSPS) is 19.9. The van der Waals surface area contributed by atoms with Crippen LogP contribution in [0.2, 0.25) is 0 Å². The number of nitrogens with two attached hydrogens (primary N) is 1. The van der Waals surface area contributed by atoms with E-state index in [-0.39, 0.29) is 5.78 Å². The van der Waals surface area contributed by atoms with Gasteiger partial charge in [-0.05, 0) is 44.0 Å². The second-order valence-electron chi connectivity index (χ2n) is 4.26. The van der Waals surface area contributed by atoms with Crippen molar-refractivity contribution < 1.29 is 4.79 Å². The number of ketones is 1. The Hall–Kier alpha value is -1.42. The summed E-state index contributed by atoms with van der Waals surface area (Å²) in [7, 11) is 0. The number of hydrogen-bond acceptors (Lipinski definition) is 4. The minimum atomic E-state index is 0.109. The molecule has 2 heterocycles. The lowest BCUT2D eigenvalue weighted by molar-refractivity contribution is 0.0975. The van der Waals surface area contributed by atoms with E-state index in [1.165, 1.54) is 6.42 Å². The van der Waals surface area contributed by atoms with Gasteiger partial charge in [0, 0.05) is 12.6 Å². The Morgan fingerprint density at radius 3 is 3.19 bits per heavy atom. The van der Waals surface area contributed by atoms with Gasteiger partial charge >= 0.3 is 0 Å². The number of pyridine rings is 1. The first-order valence-electron chi connectivity index (χ1n) is 5.72. The van der Waals surface area contributed by atoms with Gasteiger partial charge in [-0.25, -0.2) is 4.98 Å². The molecule has 0 amide bonds. The lowest BCUT2D eigenvalue weighted by Gasteiger charge is -2.07. The van der Waals surface area contributed by atoms with Gasteiger partial charge in [0.05, 0.1) is 5.56 Å². The molecular weight excluding hydrogens is 202 g/mol. The molecule has 0 spiro atoms. The first-order valence-corrected chi connectivity index (χ1v) is 5.72. The van der Waals surface area contributed by atoms with Gasteiger partial charge in [0.15, 0.2) is 5.78 Å². The summed E-state index contributed by atoms with van der Waals surface area (Å²) in [5.41, 5.74) is 6.22. The van der Waals surface area contributed by atoms with Crippen molar-refractivity contribution in [3.63, 3.8) is 0 Å². The van der Waals surface area contributed by atoms with Crippen LogP contribution in [0, 0.1) is 5.92 Å². The van der Waals surface area contributed by atoms with Gasteiger partial charge in [0.25, 0.3) is 0 Å². The number of anilines is 1. The van der Waals surface area contributed by atoms with E-state index in [9.17, 15) is 4.79 Å². The van der Waals surface area contributed by atoms with Gasteiger partial charge in [0.1, 0.15) is 5.82 Å². The summed E-state index contributed by atoms with van der Waals surface area (Å²) in [5.74, 6) is 1.09. The SMILES string of the molecule is Nc1ncccc1C(=O)CCC1CCNC1. The fraction of sp³-hybridized carbons (Fsp3) is 0.500. The molecule has 1 atom stereocenters. The predicted molar refractivity (Wildman–Crippen MR) is 63.2 cm³/mol. The molecule has 0 aliphatic carbocycles. The van der Waals surface area contributed by atoms with E-state index < -0.39 is 0 Å². The van der Waals surface area contributed by atoms with Crippen LogP contribution in [0.4, 0.5) is 5.82 Å². The fourth-order valence-electron chi connectivity index (χ4n) is 2.08. The summed E-state index contributed by atoms with van der Waals surface area (Å²) in [5, 5.41) is 3.30. The zero-order valence-corrected chi connectivity index (χ0v) is 9.28. The van der Waals surface area contributed by atoms with Crippen LogP contribution in [0.15, 0.2) is 18.3 Å². The van der Waals surface area contributed by atoms with Crippen molar-refractivity contribution >= 4 is 11.6 Å². The van der Waals surface area contributed by atoms with Crippen LogP contribution < -0.4 is 11.1 Å². The standard InChI is InChI=1S/C12H17N3O/c13-12-10(2-1-6-15-12)11(16)4-3-9-5-7-14-8-9/h1-2,6,9,14H,3-5,7-8H2,(H2,13,15). The van der Waals surface area contributed by atoms with Crippen molar-refractivity contribution in [2.75, 3.05) is 18.8 Å². The zero-order valence-electron chi connectivity index (χ0n) is 9.28. The number of hydrogen-bond donors (Lipinski definition) is 2. The number of nitrogens with zero attached hydrogens (tertiary/aromatic N) is 1. The van der Waals surface area contributed by atoms with Crippen molar-refractivity contribution in [1.29, 1.82) is 0 Å². The summed E-state index contributed by atoms with van der Waals surface area (Å²) < 4.78 is 0. The number of rotatable bonds is 4. The molecule has 0 radical (unpaired) electrons. The largest absolute Gasteiger partial charge is 0.383 e. The number of carbonyl (C=O) groups is 1. The minimum absolute atomic E-state index is 0.109. The topological polar surface area (TPSA) is 68.0 Å². The molecule has 1 unspecified atom stereocenters. The highest BCUT2D eigenvalue weighted by atomic mass is 16.1. The second-order valence-corrected chi connectivity index (χ2v) is 4.26. The number of Topliss-reactive ketones (excluding diaryl/α,β-unsaturated/α-hetero) is 1. The molecule has 3 N–H and O–H groups in total. The van der Waals surface area contributed by atoms with Gasteiger partial charge in [-0.15, -0.1) is 0 Å². The molecule has 2 rings (SSSR count). The lowest BCUT2D eigenvalue weighted by atomic mass is 9.98. The first-order chi connectivity index (χ1) is 7.77. The van der Waals surface area contributed by atoms with E-state index in [1.54, 1.807) is 18.3 Å². The zero-order chi connectivity index (χ0) is 11.4. The maximum absolute atomic E-state index is 11.9. The summed E-state index contributed by atoms with van der Waals surface area (Å²) in [6, 6.07) is 3.50. The van der Waals surface area contributed by atoms with E-state index in [0.717, 1.165) is 19.5 Å². The predicted octanol–water partition coefficient (Wildman–Crippen LogP) is 1.24. The third-order valence-electron chi connectivity index (χ3n) is 3.08. The monoisotopic (exact) mass is 219 g/mol. The molecule has 86 valence electrons. The summed E-state index contributed by atoms with van der Waals surface area (Å²) in [4.78, 5) is 15.8. The molecule has 4 heteroatoms. The van der Waals surface area contributed by atoms with Gasteiger partial charge < -0.3 is 11.1 Å². The average Bonchev–Trinajstić information content (AvgIpc) is 2.79. The number of aromatic nitrogens is 1. The fourth-order valence-corrected chi connectivity index (χ4v) is 2.08. The average molecular weight is 219 g/mol. The second kappa shape index (κ2) is 5.07. The summed E-state index contributed by atoms with van der Waals surface area (Å²) >= 11 is 0. The highest BCUT2D eigenvalue weighted by Gasteiger charge is 2.17. The molecular formula is C12H17N3O. The van der Waals surface area contributed by atoms with Crippen LogP contribution in [-0.2, 0) is 0 Å². The van der Waals surface area contributed by atoms with Gasteiger partial charge in [0.2, 0.25) is 0 Å². The smallest absolute Gasteiger partial charge is 0.166 e. The molecule has 0 bridgehead atoms. The quantitative estimate of drug-likeness (QED) is 0.747. The molecule has 0 saturated carbocycles. The maximum atomic E-state index is 11.9. The molecule has 16 heavy (non-hydrogen) atoms. The van der Waals surface area contributed by atoms with Crippen molar-refractivity contribution in [3.05, 3.63) is 23.9 Å². The van der Waals surface area contributed by atoms with E-state index in [1.807, 2.05) is 0 Å². The molecule has 0 aromatic carbocycles. The van der Waals surface area contributed by atoms with Crippen LogP contribution in [0.3, 0.4) is 0 Å². The minimum Gasteiger partial charge on any atom is -0.383 e. The molecule has 1 aliphatic heterocycles. The van der Waals surface area contributed by atoms with Gasteiger partial charge in [-0.3, -0.25) is 4.79 Å². The van der Waals surface area contributed by atoms with E-state index in [2.05, 4.69) is 10.3 Å². The van der Waals surface area contributed by atoms with Gasteiger partial charge in [-0.2, -0.15) is 0 Å². The Morgan fingerprint density at radius 1 is 1.62 bits per heavy atom. The summed E-state index contributed by atoms with van der Waals surface area (Å²) in [6.07, 6.45) is 4.30. The molecule has 1 aromatic rings. The van der Waals surface area contributed by atoms with Crippen molar-refractivity contribution in [2.45, 2.75) is 19.3 Å². The highest BCUT2D eigenvalue weighted by molar-refractivity contribution is 5.99. The van der Waals surface area contributed by atoms with Crippen LogP contribution in [0.5, 0.6) is 0 Å². The van der Waals surface area contributed by atoms with Crippen LogP contribution >= 0.6 is 0 Å². The van der Waals surface area contributed by atoms with E-state index in [4.69, 9.17) is 5.73 Å². The Bertz CT molecular complexity index is 372. The molecule has 4 nitrogen and oxygen atoms in total. The molecule has 1 saturated heterocycles. The Balaban J connectivity index is 1.90. The molecule has 1 aromatic heterocycles.